The van der Waals surface area contributed by atoms with E-state index in [0.29, 0.717) is 13.0 Å². The molecule has 1 fully saturated rings. The van der Waals surface area contributed by atoms with E-state index in [0.717, 1.165) is 25.2 Å². The molecule has 0 radical (unpaired) electrons. The molecular weight excluding hydrogens is 246 g/mol. The summed E-state index contributed by atoms with van der Waals surface area (Å²) in [5.74, 6) is 0. The van der Waals surface area contributed by atoms with Crippen LogP contribution in [-0.2, 0) is 11.3 Å². The SMILES string of the molecule is COC1CCN(c2cnn(CCC(C)O)c(=O)c2)C1. The van der Waals surface area contributed by atoms with E-state index >= 15 is 0 Å². The molecule has 0 bridgehead atoms. The monoisotopic (exact) mass is 267 g/mol. The molecule has 0 amide bonds. The normalized spacial score (nSPS) is 20.8. The third kappa shape index (κ3) is 3.54. The average molecular weight is 267 g/mol. The van der Waals surface area contributed by atoms with Gasteiger partial charge in [-0.05, 0) is 19.8 Å². The van der Waals surface area contributed by atoms with Gasteiger partial charge in [0, 0.05) is 32.8 Å². The van der Waals surface area contributed by atoms with Crippen molar-refractivity contribution < 1.29 is 9.84 Å². The number of aliphatic hydroxyl groups is 1. The van der Waals surface area contributed by atoms with Gasteiger partial charge in [0.2, 0.25) is 0 Å². The fourth-order valence-electron chi connectivity index (χ4n) is 2.23. The maximum absolute atomic E-state index is 11.9. The molecule has 1 aliphatic heterocycles. The van der Waals surface area contributed by atoms with Crippen molar-refractivity contribution in [1.29, 1.82) is 0 Å². The van der Waals surface area contributed by atoms with E-state index in [2.05, 4.69) is 10.00 Å². The van der Waals surface area contributed by atoms with Crippen LogP contribution in [0.2, 0.25) is 0 Å². The third-order valence-electron chi connectivity index (χ3n) is 3.46. The molecule has 1 aliphatic rings. The Morgan fingerprint density at radius 2 is 2.42 bits per heavy atom. The van der Waals surface area contributed by atoms with E-state index in [9.17, 15) is 9.90 Å². The van der Waals surface area contributed by atoms with Crippen LogP contribution < -0.4 is 10.5 Å². The molecule has 19 heavy (non-hydrogen) atoms. The number of hydrogen-bond acceptors (Lipinski definition) is 5. The van der Waals surface area contributed by atoms with Gasteiger partial charge in [-0.3, -0.25) is 4.79 Å². The number of aliphatic hydroxyl groups excluding tert-OH is 1. The second kappa shape index (κ2) is 6.16. The van der Waals surface area contributed by atoms with Crippen LogP contribution in [0.15, 0.2) is 17.1 Å². The van der Waals surface area contributed by atoms with Gasteiger partial charge in [0.1, 0.15) is 0 Å². The Morgan fingerprint density at radius 1 is 1.63 bits per heavy atom. The molecule has 1 aromatic heterocycles. The Balaban J connectivity index is 2.05. The molecule has 6 nitrogen and oxygen atoms in total. The second-order valence-corrected chi connectivity index (χ2v) is 5.01. The van der Waals surface area contributed by atoms with Gasteiger partial charge in [-0.25, -0.2) is 4.68 Å². The molecule has 0 aromatic carbocycles. The number of aryl methyl sites for hydroxylation is 1. The van der Waals surface area contributed by atoms with Crippen molar-refractivity contribution in [3.63, 3.8) is 0 Å². The topological polar surface area (TPSA) is 67.6 Å². The van der Waals surface area contributed by atoms with Crippen molar-refractivity contribution in [2.45, 2.75) is 38.5 Å². The number of nitrogens with zero attached hydrogens (tertiary/aromatic N) is 3. The van der Waals surface area contributed by atoms with Gasteiger partial charge in [0.05, 0.1) is 24.1 Å². The summed E-state index contributed by atoms with van der Waals surface area (Å²) >= 11 is 0. The minimum atomic E-state index is -0.422. The summed E-state index contributed by atoms with van der Waals surface area (Å²) in [5, 5.41) is 13.4. The lowest BCUT2D eigenvalue weighted by molar-refractivity contribution is 0.121. The lowest BCUT2D eigenvalue weighted by Gasteiger charge is -2.18. The molecule has 1 N–H and O–H groups in total. The molecule has 0 spiro atoms. The fourth-order valence-corrected chi connectivity index (χ4v) is 2.23. The predicted molar refractivity (Wildman–Crippen MR) is 72.4 cm³/mol. The zero-order valence-corrected chi connectivity index (χ0v) is 11.5. The van der Waals surface area contributed by atoms with Crippen LogP contribution in [0.1, 0.15) is 19.8 Å². The van der Waals surface area contributed by atoms with Crippen molar-refractivity contribution in [3.8, 4) is 0 Å². The molecule has 6 heteroatoms. The summed E-state index contributed by atoms with van der Waals surface area (Å²) in [7, 11) is 1.71. The molecule has 0 aliphatic carbocycles. The van der Waals surface area contributed by atoms with Crippen LogP contribution in [0, 0.1) is 0 Å². The zero-order chi connectivity index (χ0) is 13.8. The Morgan fingerprint density at radius 3 is 3.00 bits per heavy atom. The molecule has 2 heterocycles. The zero-order valence-electron chi connectivity index (χ0n) is 11.5. The highest BCUT2D eigenvalue weighted by atomic mass is 16.5. The van der Waals surface area contributed by atoms with Crippen molar-refractivity contribution in [2.24, 2.45) is 0 Å². The molecule has 106 valence electrons. The van der Waals surface area contributed by atoms with Gasteiger partial charge in [-0.1, -0.05) is 0 Å². The molecule has 2 atom stereocenters. The minimum absolute atomic E-state index is 0.126. The second-order valence-electron chi connectivity index (χ2n) is 5.01. The third-order valence-corrected chi connectivity index (χ3v) is 3.46. The van der Waals surface area contributed by atoms with E-state index in [-0.39, 0.29) is 11.7 Å². The van der Waals surface area contributed by atoms with Gasteiger partial charge < -0.3 is 14.7 Å². The van der Waals surface area contributed by atoms with E-state index < -0.39 is 6.10 Å². The number of rotatable bonds is 5. The van der Waals surface area contributed by atoms with E-state index in [1.54, 1.807) is 26.3 Å². The van der Waals surface area contributed by atoms with Gasteiger partial charge in [0.25, 0.3) is 5.56 Å². The van der Waals surface area contributed by atoms with Crippen molar-refractivity contribution in [3.05, 3.63) is 22.6 Å². The predicted octanol–water partition coefficient (Wildman–Crippen LogP) is 0.239. The average Bonchev–Trinajstić information content (AvgIpc) is 2.85. The van der Waals surface area contributed by atoms with Crippen LogP contribution in [0.3, 0.4) is 0 Å². The van der Waals surface area contributed by atoms with Crippen LogP contribution in [0.4, 0.5) is 5.69 Å². The lowest BCUT2D eigenvalue weighted by Crippen LogP contribution is -2.28. The Labute approximate surface area is 112 Å². The Kier molecular flexibility index (Phi) is 4.55. The minimum Gasteiger partial charge on any atom is -0.393 e. The van der Waals surface area contributed by atoms with Gasteiger partial charge in [-0.2, -0.15) is 5.10 Å². The highest BCUT2D eigenvalue weighted by molar-refractivity contribution is 5.44. The first-order valence-corrected chi connectivity index (χ1v) is 6.63. The molecule has 2 unspecified atom stereocenters. The van der Waals surface area contributed by atoms with Gasteiger partial charge in [-0.15, -0.1) is 0 Å². The lowest BCUT2D eigenvalue weighted by atomic mass is 10.3. The molecule has 0 saturated carbocycles. The van der Waals surface area contributed by atoms with E-state index in [4.69, 9.17) is 4.74 Å². The first kappa shape index (κ1) is 14.0. The highest BCUT2D eigenvalue weighted by Crippen LogP contribution is 2.19. The number of ether oxygens (including phenoxy) is 1. The highest BCUT2D eigenvalue weighted by Gasteiger charge is 2.22. The van der Waals surface area contributed by atoms with Crippen molar-refractivity contribution in [2.75, 3.05) is 25.1 Å². The molecule has 1 saturated heterocycles. The number of hydrogen-bond donors (Lipinski definition) is 1. The largest absolute Gasteiger partial charge is 0.393 e. The summed E-state index contributed by atoms with van der Waals surface area (Å²) < 4.78 is 6.70. The van der Waals surface area contributed by atoms with Crippen LogP contribution in [0.25, 0.3) is 0 Å². The summed E-state index contributed by atoms with van der Waals surface area (Å²) in [4.78, 5) is 14.0. The fraction of sp³-hybridized carbons (Fsp3) is 0.692. The standard InChI is InChI=1S/C13H21N3O3/c1-10(17)3-6-16-13(18)7-11(8-14-16)15-5-4-12(9-15)19-2/h7-8,10,12,17H,3-6,9H2,1-2H3. The molecule has 2 rings (SSSR count). The van der Waals surface area contributed by atoms with Crippen LogP contribution >= 0.6 is 0 Å². The smallest absolute Gasteiger partial charge is 0.268 e. The first-order chi connectivity index (χ1) is 9.10. The van der Waals surface area contributed by atoms with Gasteiger partial charge in [0.15, 0.2) is 0 Å². The van der Waals surface area contributed by atoms with Crippen molar-refractivity contribution in [1.82, 2.24) is 9.78 Å². The first-order valence-electron chi connectivity index (χ1n) is 6.63. The number of aromatic nitrogens is 2. The summed E-state index contributed by atoms with van der Waals surface area (Å²) in [6, 6.07) is 1.60. The number of methoxy groups -OCH3 is 1. The quantitative estimate of drug-likeness (QED) is 0.827. The van der Waals surface area contributed by atoms with E-state index in [1.165, 1.54) is 4.68 Å². The van der Waals surface area contributed by atoms with E-state index in [1.807, 2.05) is 0 Å². The maximum atomic E-state index is 11.9. The molecular formula is C13H21N3O3. The Hall–Kier alpha value is -1.40. The van der Waals surface area contributed by atoms with Crippen LogP contribution in [0.5, 0.6) is 0 Å². The van der Waals surface area contributed by atoms with Gasteiger partial charge >= 0.3 is 0 Å². The maximum Gasteiger partial charge on any atom is 0.268 e. The summed E-state index contributed by atoms with van der Waals surface area (Å²) in [5.41, 5.74) is 0.719. The van der Waals surface area contributed by atoms with Crippen LogP contribution in [-0.4, -0.2) is 47.3 Å². The molecule has 1 aromatic rings. The van der Waals surface area contributed by atoms with Crippen molar-refractivity contribution >= 4 is 5.69 Å². The Bertz CT molecular complexity index is 472. The summed E-state index contributed by atoms with van der Waals surface area (Å²) in [6.07, 6.45) is 3.03. The summed E-state index contributed by atoms with van der Waals surface area (Å²) in [6.45, 7) is 3.83. The number of anilines is 1.